The van der Waals surface area contributed by atoms with Gasteiger partial charge in [-0.2, -0.15) is 0 Å². The van der Waals surface area contributed by atoms with Crippen LogP contribution in [0.1, 0.15) is 56.8 Å². The molecule has 2 fully saturated rings. The van der Waals surface area contributed by atoms with Crippen molar-refractivity contribution < 1.29 is 23.4 Å². The van der Waals surface area contributed by atoms with Crippen molar-refractivity contribution in [1.82, 2.24) is 9.71 Å². The van der Waals surface area contributed by atoms with E-state index in [1.54, 1.807) is 45.0 Å². The molecule has 0 unspecified atom stereocenters. The molecule has 0 radical (unpaired) electrons. The second-order valence-electron chi connectivity index (χ2n) is 11.1. The maximum Gasteiger partial charge on any atom is 0.259 e. The molecule has 10 nitrogen and oxygen atoms in total. The number of amides is 1. The lowest BCUT2D eigenvalue weighted by molar-refractivity contribution is 0.102. The first kappa shape index (κ1) is 27.3. The van der Waals surface area contributed by atoms with Crippen LogP contribution in [0.5, 0.6) is 0 Å². The number of aliphatic hydroxyl groups excluding tert-OH is 2. The van der Waals surface area contributed by atoms with Crippen LogP contribution in [0.4, 0.5) is 17.3 Å². The van der Waals surface area contributed by atoms with E-state index in [1.807, 2.05) is 0 Å². The normalized spacial score (nSPS) is 17.2. The summed E-state index contributed by atoms with van der Waals surface area (Å²) in [4.78, 5) is 20.3. The standard InChI is InChI=1S/C26H37N5O5S/c1-25(2,3)30-37(35,36)20-6-4-5-18(15-20)28-24(34)21-7-8-22(27-19(16-32)17-33)29-23(21)31-13-11-26(9-10-26)12-14-31/h4-8,15,19,30,32-33H,9-14,16-17H2,1-3H3,(H,27,29)(H,28,34). The first-order valence-corrected chi connectivity index (χ1v) is 14.1. The molecule has 11 heteroatoms. The molecule has 1 spiro atoms. The molecule has 202 valence electrons. The molecule has 2 aliphatic rings. The highest BCUT2D eigenvalue weighted by Gasteiger charge is 2.45. The van der Waals surface area contributed by atoms with Gasteiger partial charge in [0.1, 0.15) is 11.6 Å². The Bertz CT molecular complexity index is 1230. The number of nitrogens with one attached hydrogen (secondary N) is 3. The Morgan fingerprint density at radius 2 is 1.76 bits per heavy atom. The van der Waals surface area contributed by atoms with Crippen molar-refractivity contribution in [1.29, 1.82) is 0 Å². The largest absolute Gasteiger partial charge is 0.394 e. The average molecular weight is 532 g/mol. The number of aromatic nitrogens is 1. The molecule has 4 rings (SSSR count). The number of nitrogens with zero attached hydrogens (tertiary/aromatic N) is 2. The van der Waals surface area contributed by atoms with Crippen LogP contribution >= 0.6 is 0 Å². The van der Waals surface area contributed by atoms with Gasteiger partial charge >= 0.3 is 0 Å². The minimum atomic E-state index is -3.76. The van der Waals surface area contributed by atoms with Crippen LogP contribution in [0, 0.1) is 5.41 Å². The fourth-order valence-corrected chi connectivity index (χ4v) is 6.04. The summed E-state index contributed by atoms with van der Waals surface area (Å²) in [6.07, 6.45) is 4.59. The van der Waals surface area contributed by atoms with Gasteiger partial charge in [0.15, 0.2) is 0 Å². The van der Waals surface area contributed by atoms with Gasteiger partial charge in [0.2, 0.25) is 10.0 Å². The molecule has 37 heavy (non-hydrogen) atoms. The topological polar surface area (TPSA) is 144 Å². The molecule has 1 aromatic carbocycles. The Kier molecular flexibility index (Phi) is 7.80. The number of piperidine rings is 1. The van der Waals surface area contributed by atoms with Crippen LogP contribution in [-0.4, -0.2) is 67.4 Å². The molecule has 2 aromatic rings. The van der Waals surface area contributed by atoms with Crippen molar-refractivity contribution in [3.63, 3.8) is 0 Å². The SMILES string of the molecule is CC(C)(C)NS(=O)(=O)c1cccc(NC(=O)c2ccc(NC(CO)CO)nc2N2CCC3(CC2)CC3)c1. The minimum absolute atomic E-state index is 0.0583. The number of sulfonamides is 1. The number of aliphatic hydroxyl groups is 2. The van der Waals surface area contributed by atoms with E-state index in [-0.39, 0.29) is 18.1 Å². The Morgan fingerprint density at radius 3 is 2.35 bits per heavy atom. The molecule has 1 saturated carbocycles. The van der Waals surface area contributed by atoms with Gasteiger partial charge in [-0.15, -0.1) is 0 Å². The number of hydrogen-bond donors (Lipinski definition) is 5. The Labute approximate surface area is 218 Å². The van der Waals surface area contributed by atoms with Crippen LogP contribution in [0.25, 0.3) is 0 Å². The molecule has 1 saturated heterocycles. The molecule has 0 bridgehead atoms. The van der Waals surface area contributed by atoms with Crippen LogP contribution in [-0.2, 0) is 10.0 Å². The summed E-state index contributed by atoms with van der Waals surface area (Å²) in [7, 11) is -3.76. The quantitative estimate of drug-likeness (QED) is 0.332. The van der Waals surface area contributed by atoms with E-state index in [9.17, 15) is 23.4 Å². The van der Waals surface area contributed by atoms with Gasteiger partial charge in [-0.25, -0.2) is 18.1 Å². The maximum absolute atomic E-state index is 13.4. The minimum Gasteiger partial charge on any atom is -0.394 e. The van der Waals surface area contributed by atoms with E-state index in [0.29, 0.717) is 28.3 Å². The molecule has 1 aromatic heterocycles. The van der Waals surface area contributed by atoms with Gasteiger partial charge in [-0.05, 0) is 82.2 Å². The van der Waals surface area contributed by atoms with Gasteiger partial charge in [0.25, 0.3) is 5.91 Å². The summed E-state index contributed by atoms with van der Waals surface area (Å²) in [5.41, 5.74) is 0.516. The molecular weight excluding hydrogens is 494 g/mol. The third-order valence-electron chi connectivity index (χ3n) is 6.84. The molecular formula is C26H37N5O5S. The summed E-state index contributed by atoms with van der Waals surface area (Å²) in [6.45, 7) is 6.34. The van der Waals surface area contributed by atoms with Crippen molar-refractivity contribution in [2.45, 2.75) is 62.9 Å². The first-order chi connectivity index (χ1) is 17.4. The Balaban J connectivity index is 1.59. The number of anilines is 3. The predicted octanol–water partition coefficient (Wildman–Crippen LogP) is 2.56. The van der Waals surface area contributed by atoms with E-state index < -0.39 is 27.5 Å². The highest BCUT2D eigenvalue weighted by Crippen LogP contribution is 2.54. The van der Waals surface area contributed by atoms with Gasteiger partial charge in [0, 0.05) is 24.3 Å². The number of pyridine rings is 1. The molecule has 2 heterocycles. The van der Waals surface area contributed by atoms with Crippen molar-refractivity contribution >= 4 is 33.3 Å². The summed E-state index contributed by atoms with van der Waals surface area (Å²) in [6, 6.07) is 8.87. The van der Waals surface area contributed by atoms with E-state index in [4.69, 9.17) is 0 Å². The molecule has 1 aliphatic carbocycles. The zero-order valence-electron chi connectivity index (χ0n) is 21.6. The zero-order chi connectivity index (χ0) is 26.8. The van der Waals surface area contributed by atoms with E-state index in [0.717, 1.165) is 25.9 Å². The predicted molar refractivity (Wildman–Crippen MR) is 143 cm³/mol. The first-order valence-electron chi connectivity index (χ1n) is 12.6. The van der Waals surface area contributed by atoms with Gasteiger partial charge in [-0.1, -0.05) is 6.07 Å². The van der Waals surface area contributed by atoms with E-state index in [1.165, 1.54) is 25.0 Å². The highest BCUT2D eigenvalue weighted by atomic mass is 32.2. The fraction of sp³-hybridized carbons (Fsp3) is 0.538. The lowest BCUT2D eigenvalue weighted by atomic mass is 9.93. The molecule has 5 N–H and O–H groups in total. The zero-order valence-corrected chi connectivity index (χ0v) is 22.4. The number of rotatable bonds is 9. The number of benzene rings is 1. The summed E-state index contributed by atoms with van der Waals surface area (Å²) in [5, 5.41) is 24.7. The molecule has 0 atom stereocenters. The van der Waals surface area contributed by atoms with Crippen molar-refractivity contribution in [2.24, 2.45) is 5.41 Å². The molecule has 1 aliphatic heterocycles. The Morgan fingerprint density at radius 1 is 1.08 bits per heavy atom. The monoisotopic (exact) mass is 531 g/mol. The third kappa shape index (κ3) is 6.78. The average Bonchev–Trinajstić information content (AvgIpc) is 3.60. The maximum atomic E-state index is 13.4. The number of carbonyl (C=O) groups is 1. The lowest BCUT2D eigenvalue weighted by Gasteiger charge is -2.34. The third-order valence-corrected chi connectivity index (χ3v) is 8.59. The summed E-state index contributed by atoms with van der Waals surface area (Å²) in [5.74, 6) is 0.568. The number of hydrogen-bond acceptors (Lipinski definition) is 8. The summed E-state index contributed by atoms with van der Waals surface area (Å²) >= 11 is 0. The Hall–Kier alpha value is -2.73. The smallest absolute Gasteiger partial charge is 0.259 e. The summed E-state index contributed by atoms with van der Waals surface area (Å²) < 4.78 is 28.2. The van der Waals surface area contributed by atoms with Gasteiger partial charge < -0.3 is 25.7 Å². The van der Waals surface area contributed by atoms with Crippen LogP contribution in [0.2, 0.25) is 0 Å². The fourth-order valence-electron chi connectivity index (χ4n) is 4.58. The van der Waals surface area contributed by atoms with Crippen molar-refractivity contribution in [3.8, 4) is 0 Å². The van der Waals surface area contributed by atoms with Gasteiger partial charge in [-0.3, -0.25) is 4.79 Å². The lowest BCUT2D eigenvalue weighted by Crippen LogP contribution is -2.40. The van der Waals surface area contributed by atoms with Crippen LogP contribution in [0.15, 0.2) is 41.3 Å². The van der Waals surface area contributed by atoms with Crippen molar-refractivity contribution in [2.75, 3.05) is 41.8 Å². The second-order valence-corrected chi connectivity index (χ2v) is 12.8. The second kappa shape index (κ2) is 10.6. The van der Waals surface area contributed by atoms with E-state index >= 15 is 0 Å². The van der Waals surface area contributed by atoms with Crippen molar-refractivity contribution in [3.05, 3.63) is 42.0 Å². The molecule has 1 amide bonds. The highest BCUT2D eigenvalue weighted by molar-refractivity contribution is 7.89. The number of carbonyl (C=O) groups excluding carboxylic acids is 1. The van der Waals surface area contributed by atoms with Crippen LogP contribution in [0.3, 0.4) is 0 Å². The van der Waals surface area contributed by atoms with Crippen LogP contribution < -0.4 is 20.3 Å². The van der Waals surface area contributed by atoms with Gasteiger partial charge in [0.05, 0.1) is 29.7 Å². The van der Waals surface area contributed by atoms with E-state index in [2.05, 4.69) is 25.2 Å².